The van der Waals surface area contributed by atoms with Gasteiger partial charge in [-0.05, 0) is 116 Å². The second kappa shape index (κ2) is 51.7. The molecule has 6 nitrogen and oxygen atoms in total. The topological polar surface area (TPSA) is 78.9 Å². The van der Waals surface area contributed by atoms with Crippen molar-refractivity contribution in [2.24, 2.45) is 0 Å². The highest BCUT2D eigenvalue weighted by molar-refractivity contribution is 5.71. The summed E-state index contributed by atoms with van der Waals surface area (Å²) in [6, 6.07) is 0. The van der Waals surface area contributed by atoms with Gasteiger partial charge in [0.1, 0.15) is 13.2 Å². The monoisotopic (exact) mass is 887 g/mol. The molecule has 0 spiro atoms. The van der Waals surface area contributed by atoms with E-state index in [9.17, 15) is 14.4 Å². The highest BCUT2D eigenvalue weighted by atomic mass is 16.6. The second-order valence-corrected chi connectivity index (χ2v) is 16.7. The molecule has 0 saturated carbocycles. The molecule has 0 aliphatic carbocycles. The molecule has 0 aromatic carbocycles. The van der Waals surface area contributed by atoms with Crippen molar-refractivity contribution in [3.8, 4) is 0 Å². The predicted molar refractivity (Wildman–Crippen MR) is 274 cm³/mol. The zero-order valence-electron chi connectivity index (χ0n) is 41.3. The first-order chi connectivity index (χ1) is 31.5. The highest BCUT2D eigenvalue weighted by Crippen LogP contribution is 2.13. The van der Waals surface area contributed by atoms with Gasteiger partial charge >= 0.3 is 17.9 Å². The maximum absolute atomic E-state index is 12.8. The third-order valence-corrected chi connectivity index (χ3v) is 10.5. The van der Waals surface area contributed by atoms with Crippen LogP contribution in [0.1, 0.15) is 220 Å². The van der Waals surface area contributed by atoms with Crippen molar-refractivity contribution >= 4 is 17.9 Å². The molecule has 0 bridgehead atoms. The molecule has 0 radical (unpaired) electrons. The minimum Gasteiger partial charge on any atom is -0.462 e. The summed E-state index contributed by atoms with van der Waals surface area (Å²) in [7, 11) is 0. The van der Waals surface area contributed by atoms with Crippen molar-refractivity contribution < 1.29 is 28.6 Å². The Hall–Kier alpha value is -3.93. The second-order valence-electron chi connectivity index (χ2n) is 16.7. The lowest BCUT2D eigenvalue weighted by Crippen LogP contribution is -2.30. The zero-order chi connectivity index (χ0) is 46.5. The Balaban J connectivity index is 4.49. The maximum atomic E-state index is 12.8. The number of carbonyl (C=O) groups is 3. The molecule has 362 valence electrons. The van der Waals surface area contributed by atoms with Gasteiger partial charge in [0.05, 0.1) is 0 Å². The summed E-state index contributed by atoms with van der Waals surface area (Å²) in [5, 5.41) is 0. The van der Waals surface area contributed by atoms with Crippen LogP contribution in [0.15, 0.2) is 109 Å². The van der Waals surface area contributed by atoms with E-state index >= 15 is 0 Å². The Bertz CT molecular complexity index is 1340. The lowest BCUT2D eigenvalue weighted by molar-refractivity contribution is -0.167. The Kier molecular flexibility index (Phi) is 48.5. The van der Waals surface area contributed by atoms with E-state index < -0.39 is 6.10 Å². The summed E-state index contributed by atoms with van der Waals surface area (Å²) in [5.41, 5.74) is 0. The third-order valence-electron chi connectivity index (χ3n) is 10.5. The molecule has 0 aromatic heterocycles. The van der Waals surface area contributed by atoms with Crippen LogP contribution in [-0.2, 0) is 28.6 Å². The van der Waals surface area contributed by atoms with E-state index in [1.54, 1.807) is 0 Å². The number of esters is 3. The average Bonchev–Trinajstić information content (AvgIpc) is 3.29. The molecule has 0 heterocycles. The lowest BCUT2D eigenvalue weighted by Gasteiger charge is -2.18. The van der Waals surface area contributed by atoms with Gasteiger partial charge in [0.2, 0.25) is 0 Å². The summed E-state index contributed by atoms with van der Waals surface area (Å²) in [6.45, 7) is 6.31. The molecule has 64 heavy (non-hydrogen) atoms. The minimum atomic E-state index is -0.817. The van der Waals surface area contributed by atoms with E-state index in [2.05, 4.69) is 130 Å². The molecule has 0 N–H and O–H groups in total. The first kappa shape index (κ1) is 60.1. The van der Waals surface area contributed by atoms with Gasteiger partial charge in [-0.15, -0.1) is 0 Å². The van der Waals surface area contributed by atoms with Crippen LogP contribution in [0.5, 0.6) is 0 Å². The van der Waals surface area contributed by atoms with Crippen LogP contribution < -0.4 is 0 Å². The minimum absolute atomic E-state index is 0.116. The van der Waals surface area contributed by atoms with Crippen LogP contribution in [0.4, 0.5) is 0 Å². The molecule has 0 fully saturated rings. The van der Waals surface area contributed by atoms with E-state index in [1.165, 1.54) is 57.8 Å². The molecule has 0 aliphatic rings. The molecule has 0 amide bonds. The largest absolute Gasteiger partial charge is 0.462 e. The predicted octanol–water partition coefficient (Wildman–Crippen LogP) is 17.1. The van der Waals surface area contributed by atoms with Crippen molar-refractivity contribution in [2.45, 2.75) is 226 Å². The lowest BCUT2D eigenvalue weighted by atomic mass is 10.1. The van der Waals surface area contributed by atoms with Gasteiger partial charge in [0.25, 0.3) is 0 Å². The Morgan fingerprint density at radius 2 is 0.625 bits per heavy atom. The molecule has 0 aromatic rings. The fourth-order valence-corrected chi connectivity index (χ4v) is 6.66. The van der Waals surface area contributed by atoms with Gasteiger partial charge in [-0.25, -0.2) is 0 Å². The van der Waals surface area contributed by atoms with Crippen LogP contribution in [0.2, 0.25) is 0 Å². The average molecular weight is 887 g/mol. The molecule has 1 atom stereocenters. The van der Waals surface area contributed by atoms with E-state index in [1.807, 2.05) is 0 Å². The number of rotatable bonds is 45. The summed E-state index contributed by atoms with van der Waals surface area (Å²) in [6.07, 6.45) is 69.4. The van der Waals surface area contributed by atoms with Crippen LogP contribution in [0.3, 0.4) is 0 Å². The van der Waals surface area contributed by atoms with Gasteiger partial charge in [-0.2, -0.15) is 0 Å². The number of hydrogen-bond acceptors (Lipinski definition) is 6. The van der Waals surface area contributed by atoms with Crippen molar-refractivity contribution in [3.63, 3.8) is 0 Å². The smallest absolute Gasteiger partial charge is 0.306 e. The van der Waals surface area contributed by atoms with Crippen molar-refractivity contribution in [1.29, 1.82) is 0 Å². The maximum Gasteiger partial charge on any atom is 0.306 e. The molecule has 0 rings (SSSR count). The number of carbonyl (C=O) groups excluding carboxylic acids is 3. The SMILES string of the molecule is CC/C=C\C/C=C\C/C=C\C/C=C\C/C=C\CCCCCC(=O)OCC(COC(=O)CCC/C=C\C/C=C\C/C=C\CC)OC(=O)CCCCCCC/C=C\CCCCCCCCC. The van der Waals surface area contributed by atoms with E-state index in [-0.39, 0.29) is 37.5 Å². The number of hydrogen-bond donors (Lipinski definition) is 0. The van der Waals surface area contributed by atoms with E-state index in [0.717, 1.165) is 116 Å². The summed E-state index contributed by atoms with van der Waals surface area (Å²) >= 11 is 0. The first-order valence-electron chi connectivity index (χ1n) is 25.9. The number of unbranched alkanes of at least 4 members (excludes halogenated alkanes) is 16. The quantitative estimate of drug-likeness (QED) is 0.0262. The number of allylic oxidation sites excluding steroid dienone is 18. The van der Waals surface area contributed by atoms with E-state index in [4.69, 9.17) is 14.2 Å². The van der Waals surface area contributed by atoms with Crippen LogP contribution >= 0.6 is 0 Å². The molecule has 0 saturated heterocycles. The van der Waals surface area contributed by atoms with Crippen molar-refractivity contribution in [1.82, 2.24) is 0 Å². The van der Waals surface area contributed by atoms with E-state index in [0.29, 0.717) is 19.3 Å². The third kappa shape index (κ3) is 49.1. The standard InChI is InChI=1S/C58H94O6/c1-4-7-10-13-16-19-22-24-26-28-29-30-32-33-36-39-42-45-48-51-57(60)63-54-55(53-62-56(59)50-47-44-41-38-35-21-18-15-12-9-6-3)64-58(61)52-49-46-43-40-37-34-31-27-25-23-20-17-14-11-8-5-2/h7,9-10,12,16,18-19,21,24,26-27,29-31,33,36,38,41,55H,4-6,8,11,13-15,17,20,22-23,25,28,32,34-35,37,39-40,42-54H2,1-3H3/b10-7-,12-9-,19-16-,21-18-,26-24-,30-29-,31-27-,36-33-,41-38-. The molecule has 1 unspecified atom stereocenters. The van der Waals surface area contributed by atoms with Gasteiger partial charge in [-0.3, -0.25) is 14.4 Å². The first-order valence-corrected chi connectivity index (χ1v) is 25.9. The summed E-state index contributed by atoms with van der Waals surface area (Å²) in [5.74, 6) is -1.02. The van der Waals surface area contributed by atoms with Gasteiger partial charge < -0.3 is 14.2 Å². The summed E-state index contributed by atoms with van der Waals surface area (Å²) < 4.78 is 16.7. The highest BCUT2D eigenvalue weighted by Gasteiger charge is 2.19. The van der Waals surface area contributed by atoms with Crippen molar-refractivity contribution in [2.75, 3.05) is 13.2 Å². The Morgan fingerprint density at radius 1 is 0.328 bits per heavy atom. The van der Waals surface area contributed by atoms with Crippen molar-refractivity contribution in [3.05, 3.63) is 109 Å². The molecular weight excluding hydrogens is 793 g/mol. The van der Waals surface area contributed by atoms with Crippen LogP contribution in [0.25, 0.3) is 0 Å². The molecular formula is C58H94O6. The summed E-state index contributed by atoms with van der Waals surface area (Å²) in [4.78, 5) is 37.9. The number of ether oxygens (including phenoxy) is 3. The fraction of sp³-hybridized carbons (Fsp3) is 0.638. The Labute approximate surface area is 393 Å². The van der Waals surface area contributed by atoms with Gasteiger partial charge in [0, 0.05) is 19.3 Å². The molecule has 6 heteroatoms. The van der Waals surface area contributed by atoms with Crippen LogP contribution in [0, 0.1) is 0 Å². The Morgan fingerprint density at radius 3 is 1.05 bits per heavy atom. The normalized spacial score (nSPS) is 13.0. The van der Waals surface area contributed by atoms with Gasteiger partial charge in [-0.1, -0.05) is 194 Å². The van der Waals surface area contributed by atoms with Crippen LogP contribution in [-0.4, -0.2) is 37.2 Å². The molecule has 0 aliphatic heterocycles. The zero-order valence-corrected chi connectivity index (χ0v) is 41.3. The fourth-order valence-electron chi connectivity index (χ4n) is 6.66. The van der Waals surface area contributed by atoms with Gasteiger partial charge in [0.15, 0.2) is 6.10 Å².